The number of piperidine rings is 1. The molecular weight excluding hydrogens is 390 g/mol. The summed E-state index contributed by atoms with van der Waals surface area (Å²) in [5, 5.41) is 0. The van der Waals surface area contributed by atoms with E-state index < -0.39 is 0 Å². The van der Waals surface area contributed by atoms with Crippen LogP contribution in [0.5, 0.6) is 0 Å². The molecule has 138 valence electrons. The Bertz CT molecular complexity index is 865. The zero-order valence-electron chi connectivity index (χ0n) is 15.5. The summed E-state index contributed by atoms with van der Waals surface area (Å²) >= 11 is 3.50. The Morgan fingerprint density at radius 1 is 1.31 bits per heavy atom. The summed E-state index contributed by atoms with van der Waals surface area (Å²) in [6, 6.07) is 10.8. The lowest BCUT2D eigenvalue weighted by Gasteiger charge is -2.41. The maximum Gasteiger partial charge on any atom is 0.285 e. The van der Waals surface area contributed by atoms with E-state index in [0.717, 1.165) is 31.7 Å². The molecule has 5 heteroatoms. The van der Waals surface area contributed by atoms with Crippen molar-refractivity contribution in [3.63, 3.8) is 0 Å². The highest BCUT2D eigenvalue weighted by Gasteiger charge is 2.33. The molecule has 1 aliphatic rings. The van der Waals surface area contributed by atoms with Gasteiger partial charge < -0.3 is 0 Å². The molecule has 3 rings (SSSR count). The molecule has 0 bridgehead atoms. The van der Waals surface area contributed by atoms with E-state index in [1.54, 1.807) is 23.0 Å². The standard InChI is InChI=1S/C21H26BrN3O/c1-4-5-14-25-20(26)19(22)18(23(25)3)15-24-13-9-12-21(2,16-24)17-10-7-6-8-11-17/h4-8,10-11,14H,1,9,12-13,15-16H2,2-3H3/b14-5+. The third-order valence-electron chi connectivity index (χ3n) is 5.35. The van der Waals surface area contributed by atoms with E-state index in [1.807, 2.05) is 11.7 Å². The molecule has 1 atom stereocenters. The molecule has 0 spiro atoms. The summed E-state index contributed by atoms with van der Waals surface area (Å²) < 4.78 is 4.17. The zero-order chi connectivity index (χ0) is 18.7. The van der Waals surface area contributed by atoms with Crippen molar-refractivity contribution < 1.29 is 0 Å². The minimum Gasteiger partial charge on any atom is -0.297 e. The molecule has 0 N–H and O–H groups in total. The molecule has 0 aliphatic carbocycles. The number of aromatic nitrogens is 2. The van der Waals surface area contributed by atoms with Gasteiger partial charge in [0, 0.05) is 31.8 Å². The third-order valence-corrected chi connectivity index (χ3v) is 6.14. The smallest absolute Gasteiger partial charge is 0.285 e. The number of benzene rings is 1. The molecular formula is C21H26BrN3O. The second-order valence-electron chi connectivity index (χ2n) is 7.25. The average Bonchev–Trinajstić information content (AvgIpc) is 2.84. The quantitative estimate of drug-likeness (QED) is 0.686. The number of hydrogen-bond acceptors (Lipinski definition) is 2. The van der Waals surface area contributed by atoms with Gasteiger partial charge in [0.25, 0.3) is 5.56 Å². The fourth-order valence-electron chi connectivity index (χ4n) is 3.88. The Morgan fingerprint density at radius 3 is 2.73 bits per heavy atom. The van der Waals surface area contributed by atoms with Crippen LogP contribution >= 0.6 is 15.9 Å². The Kier molecular flexibility index (Phi) is 5.68. The molecule has 1 aromatic carbocycles. The topological polar surface area (TPSA) is 30.2 Å². The molecule has 1 unspecified atom stereocenters. The van der Waals surface area contributed by atoms with E-state index in [2.05, 4.69) is 64.7 Å². The maximum atomic E-state index is 12.5. The van der Waals surface area contributed by atoms with Crippen molar-refractivity contribution in [1.29, 1.82) is 0 Å². The Balaban J connectivity index is 1.85. The Hall–Kier alpha value is -1.85. The van der Waals surface area contributed by atoms with Crippen molar-refractivity contribution in [2.24, 2.45) is 7.05 Å². The van der Waals surface area contributed by atoms with E-state index in [4.69, 9.17) is 0 Å². The lowest BCUT2D eigenvalue weighted by atomic mass is 9.76. The molecule has 0 radical (unpaired) electrons. The molecule has 1 fully saturated rings. The summed E-state index contributed by atoms with van der Waals surface area (Å²) in [7, 11) is 1.93. The largest absolute Gasteiger partial charge is 0.297 e. The zero-order valence-corrected chi connectivity index (χ0v) is 17.1. The second-order valence-corrected chi connectivity index (χ2v) is 8.05. The van der Waals surface area contributed by atoms with Crippen LogP contribution in [0.25, 0.3) is 6.20 Å². The van der Waals surface area contributed by atoms with Gasteiger partial charge in [0.1, 0.15) is 4.47 Å². The van der Waals surface area contributed by atoms with E-state index in [9.17, 15) is 4.79 Å². The number of halogens is 1. The van der Waals surface area contributed by atoms with Crippen LogP contribution in [0.1, 0.15) is 31.0 Å². The Labute approximate surface area is 163 Å². The van der Waals surface area contributed by atoms with Crippen LogP contribution in [0.4, 0.5) is 0 Å². The van der Waals surface area contributed by atoms with Crippen molar-refractivity contribution in [2.75, 3.05) is 13.1 Å². The van der Waals surface area contributed by atoms with Crippen LogP contribution in [0.3, 0.4) is 0 Å². The molecule has 26 heavy (non-hydrogen) atoms. The number of likely N-dealkylation sites (tertiary alicyclic amines) is 1. The molecule has 1 aromatic heterocycles. The van der Waals surface area contributed by atoms with Crippen molar-refractivity contribution >= 4 is 22.1 Å². The SMILES string of the molecule is C=C/C=C/n1c(=O)c(Br)c(CN2CCCC(C)(c3ccccc3)C2)n1C. The summed E-state index contributed by atoms with van der Waals surface area (Å²) in [6.45, 7) is 8.82. The van der Waals surface area contributed by atoms with Crippen LogP contribution in [0.15, 0.2) is 58.3 Å². The highest BCUT2D eigenvalue weighted by molar-refractivity contribution is 9.10. The highest BCUT2D eigenvalue weighted by atomic mass is 79.9. The van der Waals surface area contributed by atoms with Gasteiger partial charge in [0.15, 0.2) is 0 Å². The van der Waals surface area contributed by atoms with Crippen molar-refractivity contribution in [1.82, 2.24) is 14.3 Å². The first-order valence-electron chi connectivity index (χ1n) is 8.99. The van der Waals surface area contributed by atoms with Gasteiger partial charge >= 0.3 is 0 Å². The molecule has 2 heterocycles. The van der Waals surface area contributed by atoms with Gasteiger partial charge in [-0.3, -0.25) is 14.4 Å². The molecule has 1 aliphatic heterocycles. The van der Waals surface area contributed by atoms with Gasteiger partial charge in [-0.1, -0.05) is 49.9 Å². The van der Waals surface area contributed by atoms with Gasteiger partial charge in [-0.2, -0.15) is 0 Å². The molecule has 2 aromatic rings. The van der Waals surface area contributed by atoms with Crippen molar-refractivity contribution in [3.8, 4) is 0 Å². The van der Waals surface area contributed by atoms with E-state index in [0.29, 0.717) is 4.47 Å². The fourth-order valence-corrected chi connectivity index (χ4v) is 4.45. The van der Waals surface area contributed by atoms with E-state index >= 15 is 0 Å². The van der Waals surface area contributed by atoms with Gasteiger partial charge in [-0.15, -0.1) is 0 Å². The normalized spacial score (nSPS) is 21.3. The first-order chi connectivity index (χ1) is 12.5. The van der Waals surface area contributed by atoms with Crippen LogP contribution < -0.4 is 5.56 Å². The third kappa shape index (κ3) is 3.64. The first-order valence-corrected chi connectivity index (χ1v) is 9.78. The molecule has 0 amide bonds. The lowest BCUT2D eigenvalue weighted by molar-refractivity contribution is 0.146. The molecule has 4 nitrogen and oxygen atoms in total. The lowest BCUT2D eigenvalue weighted by Crippen LogP contribution is -2.44. The predicted molar refractivity (Wildman–Crippen MR) is 111 cm³/mol. The van der Waals surface area contributed by atoms with Crippen LogP contribution in [-0.4, -0.2) is 27.4 Å². The van der Waals surface area contributed by atoms with Gasteiger partial charge in [-0.05, 0) is 47.0 Å². The summed E-state index contributed by atoms with van der Waals surface area (Å²) in [5.74, 6) is 0. The van der Waals surface area contributed by atoms with Gasteiger partial charge in [0.2, 0.25) is 0 Å². The fraction of sp³-hybridized carbons (Fsp3) is 0.381. The van der Waals surface area contributed by atoms with E-state index in [-0.39, 0.29) is 11.0 Å². The number of nitrogens with zero attached hydrogens (tertiary/aromatic N) is 3. The maximum absolute atomic E-state index is 12.5. The van der Waals surface area contributed by atoms with Crippen LogP contribution in [0, 0.1) is 0 Å². The van der Waals surface area contributed by atoms with Gasteiger partial charge in [0.05, 0.1) is 5.69 Å². The summed E-state index contributed by atoms with van der Waals surface area (Å²) in [6.07, 6.45) is 7.53. The van der Waals surface area contributed by atoms with Gasteiger partial charge in [-0.25, -0.2) is 4.68 Å². The van der Waals surface area contributed by atoms with Crippen molar-refractivity contribution in [3.05, 3.63) is 75.1 Å². The minimum atomic E-state index is -0.0385. The van der Waals surface area contributed by atoms with Crippen molar-refractivity contribution in [2.45, 2.75) is 31.7 Å². The Morgan fingerprint density at radius 2 is 2.04 bits per heavy atom. The predicted octanol–water partition coefficient (Wildman–Crippen LogP) is 4.16. The highest BCUT2D eigenvalue weighted by Crippen LogP contribution is 2.34. The van der Waals surface area contributed by atoms with Crippen LogP contribution in [0.2, 0.25) is 0 Å². The monoisotopic (exact) mass is 415 g/mol. The number of hydrogen-bond donors (Lipinski definition) is 0. The average molecular weight is 416 g/mol. The molecule has 0 saturated carbocycles. The number of allylic oxidation sites excluding steroid dienone is 2. The minimum absolute atomic E-state index is 0.0385. The summed E-state index contributed by atoms with van der Waals surface area (Å²) in [4.78, 5) is 15.0. The van der Waals surface area contributed by atoms with E-state index in [1.165, 1.54) is 12.0 Å². The van der Waals surface area contributed by atoms with Crippen LogP contribution in [-0.2, 0) is 19.0 Å². The summed E-state index contributed by atoms with van der Waals surface area (Å²) in [5.41, 5.74) is 2.50. The first kappa shape index (κ1) is 18.9. The molecule has 1 saturated heterocycles. The second kappa shape index (κ2) is 7.80. The number of rotatable bonds is 5.